The van der Waals surface area contributed by atoms with Gasteiger partial charge in [0.25, 0.3) is 5.91 Å². The number of nitrogens with one attached hydrogen (secondary N) is 3. The van der Waals surface area contributed by atoms with Crippen LogP contribution >= 0.6 is 12.2 Å². The Hall–Kier alpha value is -2.41. The highest BCUT2D eigenvalue weighted by molar-refractivity contribution is 7.80. The lowest BCUT2D eigenvalue weighted by molar-refractivity contribution is -0.122. The van der Waals surface area contributed by atoms with Crippen LogP contribution in [-0.2, 0) is 16.1 Å². The molecule has 1 aromatic carbocycles. The summed E-state index contributed by atoms with van der Waals surface area (Å²) in [5, 5.41) is 3.76. The highest BCUT2D eigenvalue weighted by Gasteiger charge is 2.08. The van der Waals surface area contributed by atoms with Crippen molar-refractivity contribution in [1.29, 1.82) is 0 Å². The maximum absolute atomic E-state index is 12.0. The van der Waals surface area contributed by atoms with Gasteiger partial charge in [-0.3, -0.25) is 20.4 Å². The van der Waals surface area contributed by atoms with Gasteiger partial charge in [0.1, 0.15) is 6.54 Å². The fourth-order valence-electron chi connectivity index (χ4n) is 2.71. The largest absolute Gasteiger partial charge is 0.338 e. The van der Waals surface area contributed by atoms with E-state index >= 15 is 0 Å². The Morgan fingerprint density at radius 3 is 2.58 bits per heavy atom. The van der Waals surface area contributed by atoms with Gasteiger partial charge in [0.15, 0.2) is 5.11 Å². The fourth-order valence-corrected chi connectivity index (χ4v) is 2.87. The molecule has 0 aliphatic heterocycles. The van der Waals surface area contributed by atoms with E-state index in [0.717, 1.165) is 30.2 Å². The van der Waals surface area contributed by atoms with Crippen LogP contribution in [0.5, 0.6) is 0 Å². The average molecular weight is 375 g/mol. The van der Waals surface area contributed by atoms with Crippen molar-refractivity contribution >= 4 is 40.0 Å². The number of rotatable bonds is 8. The van der Waals surface area contributed by atoms with Crippen molar-refractivity contribution in [2.75, 3.05) is 0 Å². The van der Waals surface area contributed by atoms with Gasteiger partial charge < -0.3 is 9.88 Å². The third-order valence-corrected chi connectivity index (χ3v) is 4.27. The summed E-state index contributed by atoms with van der Waals surface area (Å²) in [6.45, 7) is 2.32. The first-order valence-corrected chi connectivity index (χ1v) is 9.43. The van der Waals surface area contributed by atoms with Crippen molar-refractivity contribution in [1.82, 2.24) is 20.7 Å². The third-order valence-electron chi connectivity index (χ3n) is 4.07. The van der Waals surface area contributed by atoms with Gasteiger partial charge in [-0.25, -0.2) is 0 Å². The Balaban J connectivity index is 1.67. The van der Waals surface area contributed by atoms with Crippen molar-refractivity contribution in [3.8, 4) is 0 Å². The van der Waals surface area contributed by atoms with E-state index in [1.54, 1.807) is 0 Å². The van der Waals surface area contributed by atoms with Crippen molar-refractivity contribution in [3.05, 3.63) is 36.5 Å². The van der Waals surface area contributed by atoms with Gasteiger partial charge in [0.2, 0.25) is 5.91 Å². The summed E-state index contributed by atoms with van der Waals surface area (Å²) >= 11 is 5.03. The first-order chi connectivity index (χ1) is 12.6. The minimum atomic E-state index is -0.248. The van der Waals surface area contributed by atoms with Gasteiger partial charge in [-0.05, 0) is 36.2 Å². The first-order valence-electron chi connectivity index (χ1n) is 9.02. The van der Waals surface area contributed by atoms with Crippen LogP contribution in [0, 0.1) is 0 Å². The number of hydrazine groups is 1. The molecule has 7 heteroatoms. The van der Waals surface area contributed by atoms with Crippen molar-refractivity contribution in [2.45, 2.75) is 52.0 Å². The molecule has 0 saturated carbocycles. The number of thiocarbonyl (C=S) groups is 1. The van der Waals surface area contributed by atoms with Gasteiger partial charge in [0.05, 0.1) is 0 Å². The molecule has 0 aliphatic rings. The molecule has 3 N–H and O–H groups in total. The molecule has 1 heterocycles. The van der Waals surface area contributed by atoms with Crippen molar-refractivity contribution < 1.29 is 9.59 Å². The quantitative estimate of drug-likeness (QED) is 0.377. The van der Waals surface area contributed by atoms with Crippen LogP contribution in [0.25, 0.3) is 10.9 Å². The monoisotopic (exact) mass is 374 g/mol. The summed E-state index contributed by atoms with van der Waals surface area (Å²) in [6, 6.07) is 9.80. The van der Waals surface area contributed by atoms with Crippen LogP contribution < -0.4 is 16.2 Å². The molecule has 0 atom stereocenters. The molecule has 2 rings (SSSR count). The summed E-state index contributed by atoms with van der Waals surface area (Å²) < 4.78 is 1.85. The molecule has 2 amide bonds. The molecule has 1 aromatic heterocycles. The average Bonchev–Trinajstić information content (AvgIpc) is 3.03. The summed E-state index contributed by atoms with van der Waals surface area (Å²) in [4.78, 5) is 23.8. The number of nitrogens with zero attached hydrogens (tertiary/aromatic N) is 1. The zero-order valence-electron chi connectivity index (χ0n) is 15.1. The smallest absolute Gasteiger partial charge is 0.258 e. The van der Waals surface area contributed by atoms with E-state index in [-0.39, 0.29) is 23.5 Å². The summed E-state index contributed by atoms with van der Waals surface area (Å²) in [5.74, 6) is -0.382. The number of hydrogen-bond donors (Lipinski definition) is 3. The van der Waals surface area contributed by atoms with Gasteiger partial charge in [-0.2, -0.15) is 0 Å². The van der Waals surface area contributed by atoms with Crippen LogP contribution in [0.15, 0.2) is 36.5 Å². The maximum atomic E-state index is 12.0. The van der Waals surface area contributed by atoms with E-state index < -0.39 is 0 Å². The molecule has 0 spiro atoms. The van der Waals surface area contributed by atoms with Crippen LogP contribution in [-0.4, -0.2) is 21.5 Å². The molecule has 140 valence electrons. The molecule has 6 nitrogen and oxygen atoms in total. The van der Waals surface area contributed by atoms with E-state index in [1.165, 1.54) is 12.8 Å². The predicted octanol–water partition coefficient (Wildman–Crippen LogP) is 3.02. The van der Waals surface area contributed by atoms with E-state index in [2.05, 4.69) is 23.1 Å². The molecular formula is C19H26N4O2S. The second-order valence-electron chi connectivity index (χ2n) is 6.22. The number of hydrogen-bond acceptors (Lipinski definition) is 3. The van der Waals surface area contributed by atoms with E-state index in [1.807, 2.05) is 41.1 Å². The molecule has 0 saturated heterocycles. The summed E-state index contributed by atoms with van der Waals surface area (Å²) in [6.07, 6.45) is 7.72. The number of fused-ring (bicyclic) bond motifs is 1. The Morgan fingerprint density at radius 1 is 1.00 bits per heavy atom. The number of aromatic nitrogens is 1. The van der Waals surface area contributed by atoms with E-state index in [9.17, 15) is 9.59 Å². The highest BCUT2D eigenvalue weighted by Crippen LogP contribution is 2.14. The Kier molecular flexibility index (Phi) is 8.08. The lowest BCUT2D eigenvalue weighted by Gasteiger charge is -2.11. The molecule has 0 bridgehead atoms. The van der Waals surface area contributed by atoms with E-state index in [4.69, 9.17) is 12.2 Å². The standard InChI is InChI=1S/C19H26N4O2S/c1-2-3-4-5-6-11-17(24)20-19(26)22-21-18(25)14-23-13-12-15-9-7-8-10-16(15)23/h7-10,12-13H,2-6,11,14H2,1H3,(H,21,25)(H2,20,22,24,26). The number of para-hydroxylation sites is 1. The zero-order chi connectivity index (χ0) is 18.8. The highest BCUT2D eigenvalue weighted by atomic mass is 32.1. The molecule has 0 fully saturated rings. The molecule has 2 aromatic rings. The normalized spacial score (nSPS) is 10.5. The predicted molar refractivity (Wildman–Crippen MR) is 107 cm³/mol. The topological polar surface area (TPSA) is 75.2 Å². The zero-order valence-corrected chi connectivity index (χ0v) is 15.9. The number of unbranched alkanes of at least 4 members (excludes halogenated alkanes) is 4. The van der Waals surface area contributed by atoms with Gasteiger partial charge in [-0.15, -0.1) is 0 Å². The van der Waals surface area contributed by atoms with Gasteiger partial charge in [0, 0.05) is 18.1 Å². The van der Waals surface area contributed by atoms with Crippen LogP contribution in [0.3, 0.4) is 0 Å². The SMILES string of the molecule is CCCCCCCC(=O)NC(=S)NNC(=O)Cn1ccc2ccccc21. The van der Waals surface area contributed by atoms with Crippen molar-refractivity contribution in [2.24, 2.45) is 0 Å². The molecule has 0 radical (unpaired) electrons. The minimum Gasteiger partial charge on any atom is -0.338 e. The fraction of sp³-hybridized carbons (Fsp3) is 0.421. The molecule has 0 unspecified atom stereocenters. The Labute approximate surface area is 159 Å². The molecular weight excluding hydrogens is 348 g/mol. The minimum absolute atomic E-state index is 0.106. The van der Waals surface area contributed by atoms with Crippen LogP contribution in [0.2, 0.25) is 0 Å². The second-order valence-corrected chi connectivity index (χ2v) is 6.63. The maximum Gasteiger partial charge on any atom is 0.258 e. The molecule has 0 aliphatic carbocycles. The van der Waals surface area contributed by atoms with Crippen molar-refractivity contribution in [3.63, 3.8) is 0 Å². The van der Waals surface area contributed by atoms with Gasteiger partial charge >= 0.3 is 0 Å². The summed E-state index contributed by atoms with van der Waals surface area (Å²) in [5.41, 5.74) is 6.07. The van der Waals surface area contributed by atoms with Crippen LogP contribution in [0.1, 0.15) is 45.4 Å². The third kappa shape index (κ3) is 6.48. The summed E-state index contributed by atoms with van der Waals surface area (Å²) in [7, 11) is 0. The number of carbonyl (C=O) groups excluding carboxylic acids is 2. The number of benzene rings is 1. The Bertz CT molecular complexity index is 757. The number of carbonyl (C=O) groups is 2. The first kappa shape index (κ1) is 19.9. The second kappa shape index (κ2) is 10.6. The van der Waals surface area contributed by atoms with Gasteiger partial charge in [-0.1, -0.05) is 50.8 Å². The van der Waals surface area contributed by atoms with E-state index in [0.29, 0.717) is 6.42 Å². The lowest BCUT2D eigenvalue weighted by atomic mass is 10.1. The number of amides is 2. The molecule has 26 heavy (non-hydrogen) atoms. The Morgan fingerprint density at radius 2 is 1.77 bits per heavy atom. The van der Waals surface area contributed by atoms with Crippen LogP contribution in [0.4, 0.5) is 0 Å². The lowest BCUT2D eigenvalue weighted by Crippen LogP contribution is -2.49.